The van der Waals surface area contributed by atoms with Gasteiger partial charge in [0.2, 0.25) is 0 Å². The fraction of sp³-hybridized carbons (Fsp3) is 0.222. The number of halogens is 2. The third kappa shape index (κ3) is 5.27. The SMILES string of the molecule is CN(C)c1ccc(CCNC(=O)C(=O)Nc2ccc(F)c(F)c2)cc1. The molecule has 2 aromatic rings. The van der Waals surface area contributed by atoms with Gasteiger partial charge in [0, 0.05) is 38.1 Å². The molecule has 0 bridgehead atoms. The fourth-order valence-corrected chi connectivity index (χ4v) is 2.12. The average molecular weight is 347 g/mol. The van der Waals surface area contributed by atoms with Crippen LogP contribution in [0.1, 0.15) is 5.56 Å². The quantitative estimate of drug-likeness (QED) is 0.816. The highest BCUT2D eigenvalue weighted by Crippen LogP contribution is 2.13. The van der Waals surface area contributed by atoms with E-state index in [1.807, 2.05) is 43.3 Å². The van der Waals surface area contributed by atoms with Crippen molar-refractivity contribution in [2.24, 2.45) is 0 Å². The van der Waals surface area contributed by atoms with Gasteiger partial charge in [-0.3, -0.25) is 9.59 Å². The van der Waals surface area contributed by atoms with E-state index in [1.165, 1.54) is 6.07 Å². The van der Waals surface area contributed by atoms with Crippen LogP contribution in [-0.4, -0.2) is 32.5 Å². The summed E-state index contributed by atoms with van der Waals surface area (Å²) in [6.07, 6.45) is 0.567. The van der Waals surface area contributed by atoms with E-state index in [4.69, 9.17) is 0 Å². The van der Waals surface area contributed by atoms with Gasteiger partial charge in [-0.1, -0.05) is 12.1 Å². The highest BCUT2D eigenvalue weighted by molar-refractivity contribution is 6.39. The molecule has 0 fully saturated rings. The second-order valence-corrected chi connectivity index (χ2v) is 5.65. The van der Waals surface area contributed by atoms with Gasteiger partial charge in [0.15, 0.2) is 11.6 Å². The average Bonchev–Trinajstić information content (AvgIpc) is 2.58. The highest BCUT2D eigenvalue weighted by atomic mass is 19.2. The van der Waals surface area contributed by atoms with Gasteiger partial charge in [-0.25, -0.2) is 8.78 Å². The Kier molecular flexibility index (Phi) is 6.05. The molecule has 0 atom stereocenters. The molecule has 0 aliphatic carbocycles. The lowest BCUT2D eigenvalue weighted by molar-refractivity contribution is -0.136. The topological polar surface area (TPSA) is 61.4 Å². The molecular formula is C18H19F2N3O2. The van der Waals surface area contributed by atoms with Crippen LogP contribution in [0.5, 0.6) is 0 Å². The van der Waals surface area contributed by atoms with Crippen LogP contribution in [0.3, 0.4) is 0 Å². The first-order chi connectivity index (χ1) is 11.9. The Morgan fingerprint density at radius 1 is 0.960 bits per heavy atom. The Labute approximate surface area is 144 Å². The van der Waals surface area contributed by atoms with Crippen molar-refractivity contribution < 1.29 is 18.4 Å². The molecule has 2 N–H and O–H groups in total. The number of nitrogens with one attached hydrogen (secondary N) is 2. The smallest absolute Gasteiger partial charge is 0.313 e. The largest absolute Gasteiger partial charge is 0.378 e. The molecule has 0 spiro atoms. The van der Waals surface area contributed by atoms with Crippen molar-refractivity contribution in [3.05, 3.63) is 59.7 Å². The number of hydrogen-bond donors (Lipinski definition) is 2. The second kappa shape index (κ2) is 8.23. The molecule has 0 saturated heterocycles. The van der Waals surface area contributed by atoms with Gasteiger partial charge in [0.05, 0.1) is 0 Å². The van der Waals surface area contributed by atoms with E-state index in [1.54, 1.807) is 0 Å². The molecule has 0 aromatic heterocycles. The Hall–Kier alpha value is -2.96. The molecule has 25 heavy (non-hydrogen) atoms. The van der Waals surface area contributed by atoms with Crippen molar-refractivity contribution in [1.82, 2.24) is 5.32 Å². The summed E-state index contributed by atoms with van der Waals surface area (Å²) < 4.78 is 25.9. The van der Waals surface area contributed by atoms with Crippen LogP contribution in [0.25, 0.3) is 0 Å². The molecule has 2 aromatic carbocycles. The van der Waals surface area contributed by atoms with Crippen molar-refractivity contribution >= 4 is 23.2 Å². The molecule has 7 heteroatoms. The van der Waals surface area contributed by atoms with E-state index >= 15 is 0 Å². The standard InChI is InChI=1S/C18H19F2N3O2/c1-23(2)14-6-3-12(4-7-14)9-10-21-17(24)18(25)22-13-5-8-15(19)16(20)11-13/h3-8,11H,9-10H2,1-2H3,(H,21,24)(H,22,25). The lowest BCUT2D eigenvalue weighted by atomic mass is 10.1. The zero-order valence-corrected chi connectivity index (χ0v) is 14.0. The maximum absolute atomic E-state index is 13.1. The maximum Gasteiger partial charge on any atom is 0.313 e. The number of rotatable bonds is 5. The molecule has 132 valence electrons. The van der Waals surface area contributed by atoms with Crippen LogP contribution in [0.2, 0.25) is 0 Å². The van der Waals surface area contributed by atoms with E-state index in [0.29, 0.717) is 6.42 Å². The van der Waals surface area contributed by atoms with Gasteiger partial charge in [-0.05, 0) is 36.2 Å². The molecule has 2 rings (SSSR count). The van der Waals surface area contributed by atoms with Crippen molar-refractivity contribution in [3.8, 4) is 0 Å². The van der Waals surface area contributed by atoms with E-state index in [2.05, 4.69) is 10.6 Å². The summed E-state index contributed by atoms with van der Waals surface area (Å²) in [5.74, 6) is -3.90. The summed E-state index contributed by atoms with van der Waals surface area (Å²) in [7, 11) is 3.89. The zero-order valence-electron chi connectivity index (χ0n) is 14.0. The predicted molar refractivity (Wildman–Crippen MR) is 92.5 cm³/mol. The fourth-order valence-electron chi connectivity index (χ4n) is 2.12. The molecule has 5 nitrogen and oxygen atoms in total. The molecule has 0 unspecified atom stereocenters. The number of benzene rings is 2. The minimum Gasteiger partial charge on any atom is -0.378 e. The van der Waals surface area contributed by atoms with Gasteiger partial charge in [0.25, 0.3) is 0 Å². The highest BCUT2D eigenvalue weighted by Gasteiger charge is 2.14. The van der Waals surface area contributed by atoms with Crippen LogP contribution >= 0.6 is 0 Å². The summed E-state index contributed by atoms with van der Waals surface area (Å²) in [4.78, 5) is 25.4. The molecular weight excluding hydrogens is 328 g/mol. The number of carbonyl (C=O) groups is 2. The molecule has 0 saturated carbocycles. The van der Waals surface area contributed by atoms with Gasteiger partial charge < -0.3 is 15.5 Å². The van der Waals surface area contributed by atoms with E-state index < -0.39 is 23.4 Å². The lowest BCUT2D eigenvalue weighted by Crippen LogP contribution is -2.36. The van der Waals surface area contributed by atoms with Crippen LogP contribution in [0.15, 0.2) is 42.5 Å². The first-order valence-electron chi connectivity index (χ1n) is 7.67. The summed E-state index contributed by atoms with van der Waals surface area (Å²) in [5.41, 5.74) is 2.10. The monoisotopic (exact) mass is 347 g/mol. The summed E-state index contributed by atoms with van der Waals surface area (Å²) in [5, 5.41) is 4.70. The first kappa shape index (κ1) is 18.4. The maximum atomic E-state index is 13.1. The molecule has 0 heterocycles. The van der Waals surface area contributed by atoms with Crippen LogP contribution in [0.4, 0.5) is 20.2 Å². The summed E-state index contributed by atoms with van der Waals surface area (Å²) >= 11 is 0. The third-order valence-corrected chi connectivity index (χ3v) is 3.54. The van der Waals surface area contributed by atoms with Crippen LogP contribution in [-0.2, 0) is 16.0 Å². The van der Waals surface area contributed by atoms with Crippen molar-refractivity contribution in [2.75, 3.05) is 30.9 Å². The molecule has 2 amide bonds. The zero-order chi connectivity index (χ0) is 18.4. The summed E-state index contributed by atoms with van der Waals surface area (Å²) in [6, 6.07) is 10.7. The van der Waals surface area contributed by atoms with Gasteiger partial charge in [-0.15, -0.1) is 0 Å². The Balaban J connectivity index is 1.81. The van der Waals surface area contributed by atoms with E-state index in [-0.39, 0.29) is 12.2 Å². The van der Waals surface area contributed by atoms with Crippen LogP contribution < -0.4 is 15.5 Å². The predicted octanol–water partition coefficient (Wildman–Crippen LogP) is 2.33. The first-order valence-corrected chi connectivity index (χ1v) is 7.67. The minimum absolute atomic E-state index is 0.0123. The molecule has 0 aliphatic heterocycles. The Morgan fingerprint density at radius 2 is 1.64 bits per heavy atom. The second-order valence-electron chi connectivity index (χ2n) is 5.65. The van der Waals surface area contributed by atoms with E-state index in [9.17, 15) is 18.4 Å². The van der Waals surface area contributed by atoms with Crippen molar-refractivity contribution in [2.45, 2.75) is 6.42 Å². The van der Waals surface area contributed by atoms with Gasteiger partial charge in [-0.2, -0.15) is 0 Å². The Bertz CT molecular complexity index is 761. The normalized spacial score (nSPS) is 10.2. The third-order valence-electron chi connectivity index (χ3n) is 3.54. The lowest BCUT2D eigenvalue weighted by Gasteiger charge is -2.12. The number of carbonyl (C=O) groups excluding carboxylic acids is 2. The Morgan fingerprint density at radius 3 is 2.24 bits per heavy atom. The number of amides is 2. The number of hydrogen-bond acceptors (Lipinski definition) is 3. The molecule has 0 radical (unpaired) electrons. The number of anilines is 2. The number of nitrogens with zero attached hydrogens (tertiary/aromatic N) is 1. The van der Waals surface area contributed by atoms with Crippen LogP contribution in [0, 0.1) is 11.6 Å². The molecule has 0 aliphatic rings. The van der Waals surface area contributed by atoms with Crippen molar-refractivity contribution in [1.29, 1.82) is 0 Å². The van der Waals surface area contributed by atoms with Crippen molar-refractivity contribution in [3.63, 3.8) is 0 Å². The van der Waals surface area contributed by atoms with Gasteiger partial charge >= 0.3 is 11.8 Å². The minimum atomic E-state index is -1.10. The van der Waals surface area contributed by atoms with Gasteiger partial charge in [0.1, 0.15) is 0 Å². The van der Waals surface area contributed by atoms with E-state index in [0.717, 1.165) is 23.4 Å². The summed E-state index contributed by atoms with van der Waals surface area (Å²) in [6.45, 7) is 0.283.